The van der Waals surface area contributed by atoms with E-state index in [0.717, 1.165) is 12.1 Å². The summed E-state index contributed by atoms with van der Waals surface area (Å²) in [4.78, 5) is 11.1. The van der Waals surface area contributed by atoms with Crippen molar-refractivity contribution in [3.63, 3.8) is 0 Å². The minimum atomic E-state index is -0.627. The highest BCUT2D eigenvalue weighted by Crippen LogP contribution is 2.25. The summed E-state index contributed by atoms with van der Waals surface area (Å²) in [5.74, 6) is -1.20. The Morgan fingerprint density at radius 1 is 1.62 bits per heavy atom. The fourth-order valence-electron chi connectivity index (χ4n) is 0.869. The summed E-state index contributed by atoms with van der Waals surface area (Å²) in [6.07, 6.45) is 0. The molecule has 0 heterocycles. The number of rotatable bonds is 1. The molecule has 0 saturated heterocycles. The molecule has 0 aromatic heterocycles. The molecule has 70 valence electrons. The van der Waals surface area contributed by atoms with Crippen LogP contribution < -0.4 is 5.73 Å². The zero-order chi connectivity index (χ0) is 10.0. The molecule has 0 bridgehead atoms. The Hall–Kier alpha value is -1.10. The lowest BCUT2D eigenvalue weighted by molar-refractivity contribution is 0.0599. The first-order valence-corrected chi connectivity index (χ1v) is 4.18. The first-order chi connectivity index (χ1) is 6.06. The van der Waals surface area contributed by atoms with Crippen molar-refractivity contribution in [1.82, 2.24) is 0 Å². The summed E-state index contributed by atoms with van der Waals surface area (Å²) in [5, 5.41) is 0. The third kappa shape index (κ3) is 1.98. The number of hydrogen-bond donors (Lipinski definition) is 1. The fourth-order valence-corrected chi connectivity index (χ4v) is 1.26. The van der Waals surface area contributed by atoms with Crippen LogP contribution in [-0.4, -0.2) is 13.1 Å². The van der Waals surface area contributed by atoms with Crippen LogP contribution in [0.2, 0.25) is 0 Å². The Morgan fingerprint density at radius 2 is 2.23 bits per heavy atom. The third-order valence-electron chi connectivity index (χ3n) is 1.47. The molecule has 1 rings (SSSR count). The lowest BCUT2D eigenvalue weighted by atomic mass is 10.2. The Labute approximate surface area is 82.8 Å². The lowest BCUT2D eigenvalue weighted by Gasteiger charge is -2.04. The highest BCUT2D eigenvalue weighted by atomic mass is 79.9. The quantitative estimate of drug-likeness (QED) is 0.610. The van der Waals surface area contributed by atoms with Crippen LogP contribution in [0.3, 0.4) is 0 Å². The number of nitrogens with two attached hydrogens (primary N) is 1. The number of esters is 1. The number of hydrogen-bond acceptors (Lipinski definition) is 3. The smallest absolute Gasteiger partial charge is 0.339 e. The van der Waals surface area contributed by atoms with Gasteiger partial charge in [-0.15, -0.1) is 0 Å². The van der Waals surface area contributed by atoms with Crippen molar-refractivity contribution in [3.05, 3.63) is 28.0 Å². The normalized spacial score (nSPS) is 9.77. The summed E-state index contributed by atoms with van der Waals surface area (Å²) in [7, 11) is 1.22. The van der Waals surface area contributed by atoms with Gasteiger partial charge in [-0.25, -0.2) is 9.18 Å². The Bertz CT molecular complexity index is 354. The molecule has 5 heteroatoms. The summed E-state index contributed by atoms with van der Waals surface area (Å²) in [5.41, 5.74) is 5.67. The van der Waals surface area contributed by atoms with Crippen LogP contribution >= 0.6 is 15.9 Å². The molecular weight excluding hydrogens is 241 g/mol. The molecule has 1 aromatic carbocycles. The van der Waals surface area contributed by atoms with E-state index < -0.39 is 11.8 Å². The highest BCUT2D eigenvalue weighted by Gasteiger charge is 2.13. The summed E-state index contributed by atoms with van der Waals surface area (Å²) < 4.78 is 17.6. The van der Waals surface area contributed by atoms with Gasteiger partial charge in [0.15, 0.2) is 0 Å². The molecule has 1 aromatic rings. The number of halogens is 2. The number of ether oxygens (including phenoxy) is 1. The molecule has 0 unspecified atom stereocenters. The van der Waals surface area contributed by atoms with Crippen molar-refractivity contribution in [1.29, 1.82) is 0 Å². The van der Waals surface area contributed by atoms with Gasteiger partial charge in [-0.1, -0.05) is 0 Å². The van der Waals surface area contributed by atoms with E-state index >= 15 is 0 Å². The SMILES string of the molecule is COC(=O)c1cc(F)cc(N)c1Br. The van der Waals surface area contributed by atoms with Crippen molar-refractivity contribution in [2.75, 3.05) is 12.8 Å². The minimum Gasteiger partial charge on any atom is -0.465 e. The van der Waals surface area contributed by atoms with Crippen molar-refractivity contribution >= 4 is 27.6 Å². The Kier molecular flexibility index (Phi) is 2.87. The van der Waals surface area contributed by atoms with E-state index in [0.29, 0.717) is 4.47 Å². The first-order valence-electron chi connectivity index (χ1n) is 3.39. The van der Waals surface area contributed by atoms with Gasteiger partial charge in [0.05, 0.1) is 17.1 Å². The van der Waals surface area contributed by atoms with Gasteiger partial charge in [-0.05, 0) is 28.1 Å². The molecule has 0 aliphatic rings. The van der Waals surface area contributed by atoms with Crippen LogP contribution in [0, 0.1) is 5.82 Å². The molecule has 3 nitrogen and oxygen atoms in total. The number of carbonyl (C=O) groups excluding carboxylic acids is 1. The minimum absolute atomic E-state index is 0.0833. The summed E-state index contributed by atoms with van der Waals surface area (Å²) >= 11 is 3.06. The number of nitrogen functional groups attached to an aromatic ring is 1. The second kappa shape index (κ2) is 3.74. The predicted molar refractivity (Wildman–Crippen MR) is 49.9 cm³/mol. The molecule has 0 spiro atoms. The van der Waals surface area contributed by atoms with Gasteiger partial charge in [-0.2, -0.15) is 0 Å². The maximum Gasteiger partial charge on any atom is 0.339 e. The summed E-state index contributed by atoms with van der Waals surface area (Å²) in [6, 6.07) is 2.18. The molecule has 0 aliphatic carbocycles. The van der Waals surface area contributed by atoms with Gasteiger partial charge in [0.25, 0.3) is 0 Å². The molecule has 0 atom stereocenters. The second-order valence-electron chi connectivity index (χ2n) is 2.35. The van der Waals surface area contributed by atoms with E-state index in [-0.39, 0.29) is 11.3 Å². The van der Waals surface area contributed by atoms with E-state index in [1.165, 1.54) is 7.11 Å². The average molecular weight is 248 g/mol. The topological polar surface area (TPSA) is 52.3 Å². The van der Waals surface area contributed by atoms with Crippen LogP contribution in [-0.2, 0) is 4.74 Å². The average Bonchev–Trinajstić information content (AvgIpc) is 2.10. The summed E-state index contributed by atoms with van der Waals surface area (Å²) in [6.45, 7) is 0. The van der Waals surface area contributed by atoms with Gasteiger partial charge >= 0.3 is 5.97 Å². The van der Waals surface area contributed by atoms with Crippen LogP contribution in [0.5, 0.6) is 0 Å². The molecule has 0 amide bonds. The predicted octanol–water partition coefficient (Wildman–Crippen LogP) is 1.96. The highest BCUT2D eigenvalue weighted by molar-refractivity contribution is 9.10. The third-order valence-corrected chi connectivity index (χ3v) is 2.36. The molecule has 13 heavy (non-hydrogen) atoms. The number of benzene rings is 1. The Morgan fingerprint density at radius 3 is 2.77 bits per heavy atom. The number of anilines is 1. The molecule has 0 aliphatic heterocycles. The van der Waals surface area contributed by atoms with Gasteiger partial charge in [0, 0.05) is 5.69 Å². The van der Waals surface area contributed by atoms with Crippen molar-refractivity contribution < 1.29 is 13.9 Å². The van der Waals surface area contributed by atoms with E-state index in [1.807, 2.05) is 0 Å². The van der Waals surface area contributed by atoms with E-state index in [4.69, 9.17) is 5.73 Å². The van der Waals surface area contributed by atoms with Crippen molar-refractivity contribution in [2.24, 2.45) is 0 Å². The van der Waals surface area contributed by atoms with Crippen LogP contribution in [0.1, 0.15) is 10.4 Å². The molecule has 0 fully saturated rings. The first kappa shape index (κ1) is 9.98. The lowest BCUT2D eigenvalue weighted by Crippen LogP contribution is -2.04. The van der Waals surface area contributed by atoms with E-state index in [2.05, 4.69) is 20.7 Å². The molecule has 2 N–H and O–H groups in total. The molecule has 0 radical (unpaired) electrons. The second-order valence-corrected chi connectivity index (χ2v) is 3.14. The van der Waals surface area contributed by atoms with Crippen LogP contribution in [0.25, 0.3) is 0 Å². The standard InChI is InChI=1S/C8H7BrFNO2/c1-13-8(12)5-2-4(10)3-6(11)7(5)9/h2-3H,11H2,1H3. The van der Waals surface area contributed by atoms with Gasteiger partial charge in [0.1, 0.15) is 5.82 Å². The number of carbonyl (C=O) groups is 1. The van der Waals surface area contributed by atoms with Gasteiger partial charge < -0.3 is 10.5 Å². The zero-order valence-corrected chi connectivity index (χ0v) is 8.39. The van der Waals surface area contributed by atoms with Crippen LogP contribution in [0.4, 0.5) is 10.1 Å². The van der Waals surface area contributed by atoms with Crippen LogP contribution in [0.15, 0.2) is 16.6 Å². The maximum atomic E-state index is 12.8. The van der Waals surface area contributed by atoms with Crippen molar-refractivity contribution in [3.8, 4) is 0 Å². The number of methoxy groups -OCH3 is 1. The van der Waals surface area contributed by atoms with E-state index in [1.54, 1.807) is 0 Å². The molecular formula is C8H7BrFNO2. The van der Waals surface area contributed by atoms with Crippen molar-refractivity contribution in [2.45, 2.75) is 0 Å². The molecule has 0 saturated carbocycles. The fraction of sp³-hybridized carbons (Fsp3) is 0.125. The largest absolute Gasteiger partial charge is 0.465 e. The Balaban J connectivity index is 3.28. The monoisotopic (exact) mass is 247 g/mol. The van der Waals surface area contributed by atoms with E-state index in [9.17, 15) is 9.18 Å². The maximum absolute atomic E-state index is 12.8. The van der Waals surface area contributed by atoms with Gasteiger partial charge in [-0.3, -0.25) is 0 Å². The zero-order valence-electron chi connectivity index (χ0n) is 6.80. The van der Waals surface area contributed by atoms with Gasteiger partial charge in [0.2, 0.25) is 0 Å².